The van der Waals surface area contributed by atoms with Crippen molar-refractivity contribution in [1.82, 2.24) is 5.32 Å². The number of aliphatic hydroxyl groups is 1. The van der Waals surface area contributed by atoms with Crippen LogP contribution in [0, 0.1) is 5.82 Å². The van der Waals surface area contributed by atoms with Crippen molar-refractivity contribution in [2.45, 2.75) is 12.5 Å². The van der Waals surface area contributed by atoms with E-state index in [4.69, 9.17) is 0 Å². The monoisotopic (exact) mass is 401 g/mol. The number of hydrogen-bond donors (Lipinski definition) is 2. The van der Waals surface area contributed by atoms with Crippen molar-refractivity contribution in [3.63, 3.8) is 0 Å². The number of para-hydroxylation sites is 2. The second-order valence-corrected chi connectivity index (χ2v) is 7.51. The van der Waals surface area contributed by atoms with Gasteiger partial charge in [-0.25, -0.2) is 8.70 Å². The van der Waals surface area contributed by atoms with Crippen LogP contribution >= 0.6 is 12.4 Å². The van der Waals surface area contributed by atoms with Gasteiger partial charge in [0.2, 0.25) is 0 Å². The molecule has 2 aromatic rings. The summed E-state index contributed by atoms with van der Waals surface area (Å²) >= 11 is 0. The third kappa shape index (κ3) is 3.78. The standard InChI is InChI=1S/C17H20FN3O3S.ClH/c1-19-12-15(22)10-11-20-16-4-2-3-5-17(16)21(25(20,23)24)14-8-6-13(18)7-9-14;/h2-9,15,19,22H,10-12H2,1H3;1H/t15-;/m0./s1. The highest BCUT2D eigenvalue weighted by Crippen LogP contribution is 2.45. The maximum atomic E-state index is 13.2. The Morgan fingerprint density at radius 1 is 1.12 bits per heavy atom. The van der Waals surface area contributed by atoms with Gasteiger partial charge in [0.1, 0.15) is 5.82 Å². The molecule has 0 radical (unpaired) electrons. The Kier molecular flexibility index (Phi) is 6.46. The van der Waals surface area contributed by atoms with Crippen LogP contribution in [0.25, 0.3) is 0 Å². The quantitative estimate of drug-likeness (QED) is 0.779. The number of benzene rings is 2. The van der Waals surface area contributed by atoms with Crippen molar-refractivity contribution < 1.29 is 17.9 Å². The Hall–Kier alpha value is -1.87. The lowest BCUT2D eigenvalue weighted by Gasteiger charge is -2.22. The number of fused-ring (bicyclic) bond motifs is 1. The van der Waals surface area contributed by atoms with Gasteiger partial charge >= 0.3 is 10.2 Å². The van der Waals surface area contributed by atoms with Crippen molar-refractivity contribution in [2.24, 2.45) is 0 Å². The average molecular weight is 402 g/mol. The Bertz CT molecular complexity index is 849. The molecule has 0 saturated heterocycles. The summed E-state index contributed by atoms with van der Waals surface area (Å²) < 4.78 is 41.8. The summed E-state index contributed by atoms with van der Waals surface area (Å²) in [6.45, 7) is 0.539. The summed E-state index contributed by atoms with van der Waals surface area (Å²) in [5.41, 5.74) is 1.42. The van der Waals surface area contributed by atoms with Crippen molar-refractivity contribution in [1.29, 1.82) is 0 Å². The summed E-state index contributed by atoms with van der Waals surface area (Å²) in [5.74, 6) is -0.430. The molecule has 1 atom stereocenters. The molecule has 6 nitrogen and oxygen atoms in total. The van der Waals surface area contributed by atoms with Crippen LogP contribution in [0.15, 0.2) is 48.5 Å². The molecular weight excluding hydrogens is 381 g/mol. The fourth-order valence-electron chi connectivity index (χ4n) is 2.88. The first-order valence-corrected chi connectivity index (χ1v) is 9.35. The molecule has 0 aromatic heterocycles. The number of rotatable bonds is 6. The first-order chi connectivity index (χ1) is 11.9. The molecule has 0 aliphatic carbocycles. The van der Waals surface area contributed by atoms with Gasteiger partial charge in [-0.15, -0.1) is 12.4 Å². The van der Waals surface area contributed by atoms with Gasteiger partial charge in [-0.3, -0.25) is 4.31 Å². The molecule has 142 valence electrons. The van der Waals surface area contributed by atoms with E-state index in [-0.39, 0.29) is 19.0 Å². The number of likely N-dealkylation sites (N-methyl/N-ethyl adjacent to an activating group) is 1. The molecular formula is C17H21ClFN3O3S. The minimum absolute atomic E-state index is 0. The van der Waals surface area contributed by atoms with Crippen LogP contribution in [-0.2, 0) is 10.2 Å². The molecule has 1 heterocycles. The smallest absolute Gasteiger partial charge is 0.330 e. The molecule has 26 heavy (non-hydrogen) atoms. The van der Waals surface area contributed by atoms with E-state index in [1.54, 1.807) is 31.3 Å². The van der Waals surface area contributed by atoms with E-state index in [2.05, 4.69) is 5.32 Å². The molecule has 2 aromatic carbocycles. The van der Waals surface area contributed by atoms with Crippen LogP contribution < -0.4 is 13.9 Å². The van der Waals surface area contributed by atoms with Crippen LogP contribution in [0.5, 0.6) is 0 Å². The maximum absolute atomic E-state index is 13.2. The number of hydrogen-bond acceptors (Lipinski definition) is 4. The fourth-order valence-corrected chi connectivity index (χ4v) is 4.61. The summed E-state index contributed by atoms with van der Waals surface area (Å²) in [5, 5.41) is 12.8. The molecule has 9 heteroatoms. The van der Waals surface area contributed by atoms with Gasteiger partial charge in [-0.2, -0.15) is 8.42 Å². The topological polar surface area (TPSA) is 72.9 Å². The molecule has 0 unspecified atom stereocenters. The molecule has 0 amide bonds. The zero-order valence-corrected chi connectivity index (χ0v) is 15.8. The van der Waals surface area contributed by atoms with Crippen LogP contribution in [0.4, 0.5) is 21.5 Å². The predicted octanol–water partition coefficient (Wildman–Crippen LogP) is 2.42. The van der Waals surface area contributed by atoms with Crippen LogP contribution in [0.3, 0.4) is 0 Å². The number of anilines is 3. The van der Waals surface area contributed by atoms with Gasteiger partial charge < -0.3 is 10.4 Å². The van der Waals surface area contributed by atoms with E-state index in [0.717, 1.165) is 0 Å². The van der Waals surface area contributed by atoms with Crippen LogP contribution in [0.1, 0.15) is 6.42 Å². The lowest BCUT2D eigenvalue weighted by molar-refractivity contribution is 0.167. The summed E-state index contributed by atoms with van der Waals surface area (Å²) in [6.07, 6.45) is -0.349. The molecule has 0 saturated carbocycles. The van der Waals surface area contributed by atoms with Crippen molar-refractivity contribution in [3.8, 4) is 0 Å². The highest BCUT2D eigenvalue weighted by molar-refractivity contribution is 7.95. The second kappa shape index (κ2) is 8.22. The van der Waals surface area contributed by atoms with E-state index in [1.165, 1.54) is 32.9 Å². The molecule has 3 rings (SSSR count). The molecule has 0 spiro atoms. The fraction of sp³-hybridized carbons (Fsp3) is 0.294. The van der Waals surface area contributed by atoms with Gasteiger partial charge in [0.05, 0.1) is 23.2 Å². The van der Waals surface area contributed by atoms with Crippen LogP contribution in [0.2, 0.25) is 0 Å². The van der Waals surface area contributed by atoms with E-state index in [9.17, 15) is 17.9 Å². The SMILES string of the molecule is CNC[C@@H](O)CCN1c2ccccc2N(c2ccc(F)cc2)S1(=O)=O.Cl. The molecule has 2 N–H and O–H groups in total. The van der Waals surface area contributed by atoms with Gasteiger partial charge in [0, 0.05) is 13.1 Å². The van der Waals surface area contributed by atoms with E-state index < -0.39 is 22.1 Å². The second-order valence-electron chi connectivity index (χ2n) is 5.81. The van der Waals surface area contributed by atoms with Crippen molar-refractivity contribution in [3.05, 3.63) is 54.3 Å². The maximum Gasteiger partial charge on any atom is 0.330 e. The normalized spacial score (nSPS) is 16.1. The van der Waals surface area contributed by atoms with Crippen molar-refractivity contribution >= 4 is 39.7 Å². The third-order valence-electron chi connectivity index (χ3n) is 4.04. The van der Waals surface area contributed by atoms with E-state index in [0.29, 0.717) is 30.0 Å². The lowest BCUT2D eigenvalue weighted by Crippen LogP contribution is -2.38. The number of halogens is 2. The lowest BCUT2D eigenvalue weighted by atomic mass is 10.2. The largest absolute Gasteiger partial charge is 0.392 e. The first kappa shape index (κ1) is 20.4. The third-order valence-corrected chi connectivity index (χ3v) is 5.85. The van der Waals surface area contributed by atoms with Crippen LogP contribution in [-0.4, -0.2) is 39.8 Å². The number of nitrogens with one attached hydrogen (secondary N) is 1. The predicted molar refractivity (Wildman–Crippen MR) is 103 cm³/mol. The Morgan fingerprint density at radius 2 is 1.73 bits per heavy atom. The Morgan fingerprint density at radius 3 is 2.35 bits per heavy atom. The zero-order valence-electron chi connectivity index (χ0n) is 14.2. The van der Waals surface area contributed by atoms with E-state index >= 15 is 0 Å². The highest BCUT2D eigenvalue weighted by Gasteiger charge is 2.41. The Balaban J connectivity index is 0.00000243. The minimum atomic E-state index is -3.85. The highest BCUT2D eigenvalue weighted by atomic mass is 35.5. The summed E-state index contributed by atoms with van der Waals surface area (Å²) in [4.78, 5) is 0. The molecule has 0 bridgehead atoms. The van der Waals surface area contributed by atoms with E-state index in [1.807, 2.05) is 0 Å². The van der Waals surface area contributed by atoms with Gasteiger partial charge in [0.25, 0.3) is 0 Å². The molecule has 1 aliphatic rings. The Labute approximate surface area is 158 Å². The number of aliphatic hydroxyl groups excluding tert-OH is 1. The van der Waals surface area contributed by atoms with Gasteiger partial charge in [-0.1, -0.05) is 12.1 Å². The first-order valence-electron chi connectivity index (χ1n) is 7.95. The van der Waals surface area contributed by atoms with Gasteiger partial charge in [0.15, 0.2) is 0 Å². The number of nitrogens with zero attached hydrogens (tertiary/aromatic N) is 2. The molecule has 0 fully saturated rings. The average Bonchev–Trinajstić information content (AvgIpc) is 2.80. The summed E-state index contributed by atoms with van der Waals surface area (Å²) in [6, 6.07) is 12.3. The molecule has 1 aliphatic heterocycles. The van der Waals surface area contributed by atoms with Gasteiger partial charge in [-0.05, 0) is 49.9 Å². The minimum Gasteiger partial charge on any atom is -0.392 e. The zero-order chi connectivity index (χ0) is 18.0. The summed E-state index contributed by atoms with van der Waals surface area (Å²) in [7, 11) is -2.13. The van der Waals surface area contributed by atoms with Crippen molar-refractivity contribution in [2.75, 3.05) is 28.7 Å².